The zero-order valence-corrected chi connectivity index (χ0v) is 10.2. The summed E-state index contributed by atoms with van der Waals surface area (Å²) in [6.07, 6.45) is 3.74. The van der Waals surface area contributed by atoms with E-state index in [0.29, 0.717) is 5.02 Å². The van der Waals surface area contributed by atoms with Crippen molar-refractivity contribution in [3.63, 3.8) is 0 Å². The molecule has 0 unspecified atom stereocenters. The maximum atomic E-state index is 10.5. The van der Waals surface area contributed by atoms with Gasteiger partial charge in [-0.25, -0.2) is 0 Å². The molecule has 0 aliphatic carbocycles. The molecule has 0 aliphatic heterocycles. The molecule has 0 aromatic heterocycles. The topological polar surface area (TPSA) is 43.1 Å². The van der Waals surface area contributed by atoms with Crippen molar-refractivity contribution in [2.24, 2.45) is 0 Å². The maximum Gasteiger partial charge on any atom is 0.269 e. The third-order valence-corrected chi connectivity index (χ3v) is 2.81. The van der Waals surface area contributed by atoms with Crippen LogP contribution in [0.15, 0.2) is 48.5 Å². The molecule has 2 rings (SSSR count). The van der Waals surface area contributed by atoms with Crippen LogP contribution in [0.4, 0.5) is 5.69 Å². The van der Waals surface area contributed by atoms with Gasteiger partial charge in [-0.05, 0) is 29.3 Å². The predicted molar refractivity (Wildman–Crippen MR) is 73.5 cm³/mol. The molecule has 0 heterocycles. The van der Waals surface area contributed by atoms with Crippen LogP contribution in [0.1, 0.15) is 11.1 Å². The van der Waals surface area contributed by atoms with Crippen LogP contribution in [0.25, 0.3) is 12.2 Å². The van der Waals surface area contributed by atoms with Crippen LogP contribution in [-0.4, -0.2) is 4.92 Å². The van der Waals surface area contributed by atoms with Crippen LogP contribution in [-0.2, 0) is 0 Å². The van der Waals surface area contributed by atoms with Gasteiger partial charge in [-0.2, -0.15) is 0 Å². The van der Waals surface area contributed by atoms with E-state index in [1.165, 1.54) is 12.1 Å². The monoisotopic (exact) mass is 259 g/mol. The van der Waals surface area contributed by atoms with E-state index in [1.54, 1.807) is 12.1 Å². The Hall–Kier alpha value is -2.13. The number of non-ortho nitro benzene ring substituents is 1. The molecule has 2 aromatic carbocycles. The zero-order valence-electron chi connectivity index (χ0n) is 9.42. The normalized spacial score (nSPS) is 10.7. The van der Waals surface area contributed by atoms with Crippen LogP contribution in [0.2, 0.25) is 5.02 Å². The lowest BCUT2D eigenvalue weighted by Gasteiger charge is -1.97. The Kier molecular flexibility index (Phi) is 3.75. The summed E-state index contributed by atoms with van der Waals surface area (Å²) in [5.41, 5.74) is 1.89. The Labute approximate surface area is 109 Å². The Balaban J connectivity index is 2.19. The van der Waals surface area contributed by atoms with Gasteiger partial charge in [-0.3, -0.25) is 10.1 Å². The fourth-order valence-electron chi connectivity index (χ4n) is 1.50. The van der Waals surface area contributed by atoms with Gasteiger partial charge in [0.05, 0.1) is 4.92 Å². The molecule has 2 aromatic rings. The molecule has 90 valence electrons. The average Bonchev–Trinajstić information content (AvgIpc) is 2.38. The van der Waals surface area contributed by atoms with Gasteiger partial charge in [-0.15, -0.1) is 0 Å². The molecular weight excluding hydrogens is 250 g/mol. The van der Waals surface area contributed by atoms with E-state index in [2.05, 4.69) is 0 Å². The minimum absolute atomic E-state index is 0.0879. The van der Waals surface area contributed by atoms with Crippen LogP contribution in [0, 0.1) is 10.1 Å². The zero-order chi connectivity index (χ0) is 13.0. The second-order valence-electron chi connectivity index (χ2n) is 3.70. The summed E-state index contributed by atoms with van der Waals surface area (Å²) < 4.78 is 0. The predicted octanol–water partition coefficient (Wildman–Crippen LogP) is 4.42. The Bertz CT molecular complexity index is 591. The number of rotatable bonds is 3. The summed E-state index contributed by atoms with van der Waals surface area (Å²) in [6.45, 7) is 0. The average molecular weight is 260 g/mol. The first-order valence-electron chi connectivity index (χ1n) is 5.34. The largest absolute Gasteiger partial charge is 0.269 e. The van der Waals surface area contributed by atoms with Crippen molar-refractivity contribution >= 4 is 29.4 Å². The first-order chi connectivity index (χ1) is 8.66. The molecule has 0 fully saturated rings. The van der Waals surface area contributed by atoms with E-state index in [0.717, 1.165) is 11.1 Å². The molecule has 0 aliphatic rings. The number of nitro groups is 1. The van der Waals surface area contributed by atoms with Crippen molar-refractivity contribution in [3.05, 3.63) is 74.8 Å². The lowest BCUT2D eigenvalue weighted by atomic mass is 10.1. The van der Waals surface area contributed by atoms with Crippen LogP contribution in [0.5, 0.6) is 0 Å². The van der Waals surface area contributed by atoms with Gasteiger partial charge in [0.2, 0.25) is 0 Å². The first-order valence-corrected chi connectivity index (χ1v) is 5.72. The van der Waals surface area contributed by atoms with Gasteiger partial charge >= 0.3 is 0 Å². The number of halogens is 1. The van der Waals surface area contributed by atoms with Gasteiger partial charge in [-0.1, -0.05) is 42.0 Å². The Morgan fingerprint density at radius 3 is 2.28 bits per heavy atom. The number of nitro benzene ring substituents is 1. The highest BCUT2D eigenvalue weighted by molar-refractivity contribution is 6.32. The van der Waals surface area contributed by atoms with Crippen LogP contribution >= 0.6 is 11.6 Å². The second-order valence-corrected chi connectivity index (χ2v) is 4.11. The number of hydrogen-bond acceptors (Lipinski definition) is 2. The lowest BCUT2D eigenvalue weighted by Crippen LogP contribution is -1.86. The quantitative estimate of drug-likeness (QED) is 0.465. The van der Waals surface area contributed by atoms with E-state index in [1.807, 2.05) is 36.4 Å². The van der Waals surface area contributed by atoms with Crippen LogP contribution < -0.4 is 0 Å². The van der Waals surface area contributed by atoms with Gasteiger partial charge in [0, 0.05) is 17.2 Å². The van der Waals surface area contributed by atoms with Crippen molar-refractivity contribution in [3.8, 4) is 0 Å². The standard InChI is InChI=1S/C14H10ClNO2/c15-14-4-2-1-3-12(14)8-5-11-6-9-13(10-7-11)16(17)18/h1-10H/b8-5+. The van der Waals surface area contributed by atoms with E-state index in [-0.39, 0.29) is 5.69 Å². The highest BCUT2D eigenvalue weighted by atomic mass is 35.5. The molecule has 0 saturated carbocycles. The molecule has 0 bridgehead atoms. The number of hydrogen-bond donors (Lipinski definition) is 0. The van der Waals surface area contributed by atoms with Crippen molar-refractivity contribution in [2.45, 2.75) is 0 Å². The molecule has 3 nitrogen and oxygen atoms in total. The van der Waals surface area contributed by atoms with E-state index >= 15 is 0 Å². The Morgan fingerprint density at radius 1 is 1.00 bits per heavy atom. The van der Waals surface area contributed by atoms with Gasteiger partial charge < -0.3 is 0 Å². The fraction of sp³-hybridized carbons (Fsp3) is 0. The van der Waals surface area contributed by atoms with E-state index < -0.39 is 4.92 Å². The Morgan fingerprint density at radius 2 is 1.67 bits per heavy atom. The minimum atomic E-state index is -0.415. The minimum Gasteiger partial charge on any atom is -0.258 e. The molecule has 0 spiro atoms. The van der Waals surface area contributed by atoms with Crippen molar-refractivity contribution in [1.82, 2.24) is 0 Å². The van der Waals surface area contributed by atoms with E-state index in [9.17, 15) is 10.1 Å². The maximum absolute atomic E-state index is 10.5. The third-order valence-electron chi connectivity index (χ3n) is 2.46. The smallest absolute Gasteiger partial charge is 0.258 e. The van der Waals surface area contributed by atoms with Gasteiger partial charge in [0.15, 0.2) is 0 Å². The molecule has 0 amide bonds. The highest BCUT2D eigenvalue weighted by Gasteiger charge is 2.02. The molecule has 4 heteroatoms. The highest BCUT2D eigenvalue weighted by Crippen LogP contribution is 2.19. The molecule has 0 atom stereocenters. The summed E-state index contributed by atoms with van der Waals surface area (Å²) >= 11 is 6.02. The van der Waals surface area contributed by atoms with Crippen molar-refractivity contribution in [2.75, 3.05) is 0 Å². The summed E-state index contributed by atoms with van der Waals surface area (Å²) in [4.78, 5) is 10.1. The van der Waals surface area contributed by atoms with Crippen molar-refractivity contribution in [1.29, 1.82) is 0 Å². The molecular formula is C14H10ClNO2. The fourth-order valence-corrected chi connectivity index (χ4v) is 1.70. The summed E-state index contributed by atoms with van der Waals surface area (Å²) in [6, 6.07) is 13.9. The van der Waals surface area contributed by atoms with Crippen molar-refractivity contribution < 1.29 is 4.92 Å². The van der Waals surface area contributed by atoms with Gasteiger partial charge in [0.25, 0.3) is 5.69 Å². The molecule has 0 saturated heterocycles. The van der Waals surface area contributed by atoms with Crippen LogP contribution in [0.3, 0.4) is 0 Å². The summed E-state index contributed by atoms with van der Waals surface area (Å²) in [7, 11) is 0. The number of benzene rings is 2. The molecule has 0 radical (unpaired) electrons. The molecule has 0 N–H and O–H groups in total. The summed E-state index contributed by atoms with van der Waals surface area (Å²) in [5.74, 6) is 0. The SMILES string of the molecule is O=[N+]([O-])c1ccc(/C=C/c2ccccc2Cl)cc1. The summed E-state index contributed by atoms with van der Waals surface area (Å²) in [5, 5.41) is 11.2. The van der Waals surface area contributed by atoms with E-state index in [4.69, 9.17) is 11.6 Å². The second kappa shape index (κ2) is 5.47. The number of nitrogens with zero attached hydrogens (tertiary/aromatic N) is 1. The molecule has 18 heavy (non-hydrogen) atoms. The van der Waals surface area contributed by atoms with Gasteiger partial charge in [0.1, 0.15) is 0 Å². The third kappa shape index (κ3) is 2.96. The lowest BCUT2D eigenvalue weighted by molar-refractivity contribution is -0.384. The first kappa shape index (κ1) is 12.3.